The predicted molar refractivity (Wildman–Crippen MR) is 110 cm³/mol. The molecule has 0 bridgehead atoms. The number of benzene rings is 1. The van der Waals surface area contributed by atoms with Crippen LogP contribution in [0.2, 0.25) is 0 Å². The highest BCUT2D eigenvalue weighted by atomic mass is 16.5. The standard InChI is InChI=1S/C21H34N4O2/c1-3-22-21(23-13-7-8-15-27-4-2)24-14-9-12-20(26)25-16-18-10-5-6-11-19(18)17-25/h5-6,10-11H,3-4,7-9,12-17H2,1-2H3,(H2,22,23,24). The van der Waals surface area contributed by atoms with Gasteiger partial charge in [-0.05, 0) is 44.2 Å². The van der Waals surface area contributed by atoms with E-state index in [4.69, 9.17) is 4.74 Å². The second-order valence-electron chi connectivity index (χ2n) is 6.71. The van der Waals surface area contributed by atoms with Crippen molar-refractivity contribution < 1.29 is 9.53 Å². The molecule has 1 amide bonds. The zero-order valence-corrected chi connectivity index (χ0v) is 16.8. The molecule has 0 radical (unpaired) electrons. The maximum atomic E-state index is 12.4. The number of carbonyl (C=O) groups is 1. The largest absolute Gasteiger partial charge is 0.382 e. The van der Waals surface area contributed by atoms with Gasteiger partial charge in [-0.15, -0.1) is 0 Å². The van der Waals surface area contributed by atoms with Gasteiger partial charge in [0.25, 0.3) is 0 Å². The number of guanidine groups is 1. The van der Waals surface area contributed by atoms with Crippen LogP contribution in [-0.2, 0) is 22.6 Å². The highest BCUT2D eigenvalue weighted by molar-refractivity contribution is 5.80. The fourth-order valence-electron chi connectivity index (χ4n) is 3.11. The SMILES string of the molecule is CCNC(=NCCCC(=O)N1Cc2ccccc2C1)NCCCCOCC. The Hall–Kier alpha value is -2.08. The van der Waals surface area contributed by atoms with Crippen molar-refractivity contribution in [1.29, 1.82) is 0 Å². The van der Waals surface area contributed by atoms with E-state index in [1.54, 1.807) is 0 Å². The molecule has 2 rings (SSSR count). The molecule has 6 heteroatoms. The molecule has 0 saturated heterocycles. The molecule has 0 aliphatic carbocycles. The highest BCUT2D eigenvalue weighted by Crippen LogP contribution is 2.22. The van der Waals surface area contributed by atoms with E-state index in [-0.39, 0.29) is 5.91 Å². The van der Waals surface area contributed by atoms with E-state index in [0.29, 0.717) is 13.0 Å². The second-order valence-corrected chi connectivity index (χ2v) is 6.71. The first-order valence-electron chi connectivity index (χ1n) is 10.2. The zero-order valence-electron chi connectivity index (χ0n) is 16.8. The molecule has 27 heavy (non-hydrogen) atoms. The van der Waals surface area contributed by atoms with E-state index in [9.17, 15) is 4.79 Å². The van der Waals surface area contributed by atoms with Crippen LogP contribution >= 0.6 is 0 Å². The summed E-state index contributed by atoms with van der Waals surface area (Å²) in [7, 11) is 0. The molecule has 0 aromatic heterocycles. The van der Waals surface area contributed by atoms with Crippen LogP contribution in [-0.4, -0.2) is 49.6 Å². The van der Waals surface area contributed by atoms with Crippen LogP contribution in [0.25, 0.3) is 0 Å². The average Bonchev–Trinajstić information content (AvgIpc) is 3.12. The van der Waals surface area contributed by atoms with Crippen LogP contribution in [0.15, 0.2) is 29.3 Å². The van der Waals surface area contributed by atoms with Crippen molar-refractivity contribution in [1.82, 2.24) is 15.5 Å². The lowest BCUT2D eigenvalue weighted by Gasteiger charge is -2.15. The summed E-state index contributed by atoms with van der Waals surface area (Å²) < 4.78 is 5.34. The molecule has 1 aliphatic heterocycles. The van der Waals surface area contributed by atoms with Crippen molar-refractivity contribution in [2.45, 2.75) is 52.6 Å². The van der Waals surface area contributed by atoms with Crippen LogP contribution < -0.4 is 10.6 Å². The molecule has 0 saturated carbocycles. The van der Waals surface area contributed by atoms with Gasteiger partial charge in [-0.3, -0.25) is 9.79 Å². The maximum absolute atomic E-state index is 12.4. The number of hydrogen-bond acceptors (Lipinski definition) is 3. The summed E-state index contributed by atoms with van der Waals surface area (Å²) in [6, 6.07) is 8.28. The van der Waals surface area contributed by atoms with Crippen LogP contribution in [0.5, 0.6) is 0 Å². The van der Waals surface area contributed by atoms with Gasteiger partial charge in [-0.25, -0.2) is 0 Å². The fraction of sp³-hybridized carbons (Fsp3) is 0.619. The van der Waals surface area contributed by atoms with Crippen LogP contribution in [0, 0.1) is 0 Å². The zero-order chi connectivity index (χ0) is 19.3. The number of carbonyl (C=O) groups excluding carboxylic acids is 1. The van der Waals surface area contributed by atoms with Gasteiger partial charge in [0.15, 0.2) is 5.96 Å². The summed E-state index contributed by atoms with van der Waals surface area (Å²) in [4.78, 5) is 18.9. The molecule has 1 aliphatic rings. The van der Waals surface area contributed by atoms with Gasteiger partial charge >= 0.3 is 0 Å². The molecule has 1 aromatic carbocycles. The summed E-state index contributed by atoms with van der Waals surface area (Å²) in [6.45, 7) is 9.51. The number of fused-ring (bicyclic) bond motifs is 1. The Bertz CT molecular complexity index is 579. The highest BCUT2D eigenvalue weighted by Gasteiger charge is 2.22. The molecule has 0 spiro atoms. The predicted octanol–water partition coefficient (Wildman–Crippen LogP) is 2.68. The molecule has 0 atom stereocenters. The van der Waals surface area contributed by atoms with Crippen molar-refractivity contribution >= 4 is 11.9 Å². The number of nitrogens with zero attached hydrogens (tertiary/aromatic N) is 2. The van der Waals surface area contributed by atoms with Gasteiger partial charge in [-0.1, -0.05) is 24.3 Å². The Morgan fingerprint density at radius 2 is 1.85 bits per heavy atom. The summed E-state index contributed by atoms with van der Waals surface area (Å²) in [6.07, 6.45) is 3.42. The topological polar surface area (TPSA) is 66.0 Å². The number of amides is 1. The van der Waals surface area contributed by atoms with E-state index >= 15 is 0 Å². The van der Waals surface area contributed by atoms with Gasteiger partial charge < -0.3 is 20.3 Å². The smallest absolute Gasteiger partial charge is 0.223 e. The first kappa shape index (κ1) is 21.2. The Labute approximate surface area is 163 Å². The van der Waals surface area contributed by atoms with Gasteiger partial charge in [0.05, 0.1) is 0 Å². The lowest BCUT2D eigenvalue weighted by atomic mass is 10.1. The fourth-order valence-corrected chi connectivity index (χ4v) is 3.11. The Morgan fingerprint density at radius 1 is 1.11 bits per heavy atom. The summed E-state index contributed by atoms with van der Waals surface area (Å²) in [5.74, 6) is 1.05. The van der Waals surface area contributed by atoms with Crippen LogP contribution in [0.4, 0.5) is 0 Å². The second kappa shape index (κ2) is 12.3. The van der Waals surface area contributed by atoms with Gasteiger partial charge in [-0.2, -0.15) is 0 Å². The number of nitrogens with one attached hydrogen (secondary N) is 2. The Balaban J connectivity index is 1.64. The first-order valence-corrected chi connectivity index (χ1v) is 10.2. The monoisotopic (exact) mass is 374 g/mol. The van der Waals surface area contributed by atoms with E-state index in [1.165, 1.54) is 11.1 Å². The van der Waals surface area contributed by atoms with Crippen molar-refractivity contribution in [2.24, 2.45) is 4.99 Å². The summed E-state index contributed by atoms with van der Waals surface area (Å²) in [5.41, 5.74) is 2.54. The van der Waals surface area contributed by atoms with Gasteiger partial charge in [0.1, 0.15) is 0 Å². The van der Waals surface area contributed by atoms with Gasteiger partial charge in [0.2, 0.25) is 5.91 Å². The Kier molecular flexibility index (Phi) is 9.69. The summed E-state index contributed by atoms with van der Waals surface area (Å²) >= 11 is 0. The van der Waals surface area contributed by atoms with Crippen molar-refractivity contribution in [3.8, 4) is 0 Å². The van der Waals surface area contributed by atoms with Crippen molar-refractivity contribution in [3.63, 3.8) is 0 Å². The third-order valence-corrected chi connectivity index (χ3v) is 4.57. The van der Waals surface area contributed by atoms with E-state index in [2.05, 4.69) is 34.7 Å². The van der Waals surface area contributed by atoms with E-state index in [1.807, 2.05) is 24.0 Å². The maximum Gasteiger partial charge on any atom is 0.223 e. The molecule has 2 N–H and O–H groups in total. The molecular formula is C21H34N4O2. The normalized spacial score (nSPS) is 13.6. The van der Waals surface area contributed by atoms with E-state index < -0.39 is 0 Å². The molecule has 1 aromatic rings. The third kappa shape index (κ3) is 7.59. The molecule has 0 unspecified atom stereocenters. The van der Waals surface area contributed by atoms with Crippen LogP contribution in [0.1, 0.15) is 50.7 Å². The third-order valence-electron chi connectivity index (χ3n) is 4.57. The van der Waals surface area contributed by atoms with Gasteiger partial charge in [0, 0.05) is 52.4 Å². The quantitative estimate of drug-likeness (QED) is 0.355. The molecule has 6 nitrogen and oxygen atoms in total. The Morgan fingerprint density at radius 3 is 2.52 bits per heavy atom. The lowest BCUT2D eigenvalue weighted by molar-refractivity contribution is -0.131. The average molecular weight is 375 g/mol. The minimum Gasteiger partial charge on any atom is -0.382 e. The molecule has 1 heterocycles. The number of ether oxygens (including phenoxy) is 1. The lowest BCUT2D eigenvalue weighted by Crippen LogP contribution is -2.38. The number of aliphatic imine (C=N–C) groups is 1. The number of hydrogen-bond donors (Lipinski definition) is 2. The van der Waals surface area contributed by atoms with Crippen molar-refractivity contribution in [2.75, 3.05) is 32.8 Å². The van der Waals surface area contributed by atoms with Crippen molar-refractivity contribution in [3.05, 3.63) is 35.4 Å². The van der Waals surface area contributed by atoms with E-state index in [0.717, 1.165) is 64.6 Å². The molecule has 0 fully saturated rings. The molecular weight excluding hydrogens is 340 g/mol. The number of rotatable bonds is 11. The number of unbranched alkanes of at least 4 members (excludes halogenated alkanes) is 1. The minimum absolute atomic E-state index is 0.218. The first-order chi connectivity index (χ1) is 13.2. The summed E-state index contributed by atoms with van der Waals surface area (Å²) in [5, 5.41) is 6.59. The molecule has 150 valence electrons. The minimum atomic E-state index is 0.218. The van der Waals surface area contributed by atoms with Crippen LogP contribution in [0.3, 0.4) is 0 Å².